The van der Waals surface area contributed by atoms with Crippen LogP contribution in [0.25, 0.3) is 0 Å². The Labute approximate surface area is 49.6 Å². The highest BCUT2D eigenvalue weighted by Gasteiger charge is 2.53. The van der Waals surface area contributed by atoms with Crippen LogP contribution in [0.15, 0.2) is 11.1 Å². The van der Waals surface area contributed by atoms with E-state index in [1.165, 1.54) is 25.7 Å². The first kappa shape index (κ1) is 3.71. The lowest BCUT2D eigenvalue weighted by Gasteiger charge is -2.12. The van der Waals surface area contributed by atoms with Crippen molar-refractivity contribution in [3.05, 3.63) is 11.1 Å². The van der Waals surface area contributed by atoms with Gasteiger partial charge in [0.1, 0.15) is 0 Å². The molecule has 8 heavy (non-hydrogen) atoms. The van der Waals surface area contributed by atoms with Crippen molar-refractivity contribution in [2.75, 3.05) is 0 Å². The van der Waals surface area contributed by atoms with Crippen LogP contribution in [0.4, 0.5) is 0 Å². The van der Waals surface area contributed by atoms with Gasteiger partial charge < -0.3 is 0 Å². The van der Waals surface area contributed by atoms with Crippen LogP contribution in [0, 0.1) is 11.8 Å². The first-order valence-corrected chi connectivity index (χ1v) is 3.68. The summed E-state index contributed by atoms with van der Waals surface area (Å²) in [6.45, 7) is 0. The lowest BCUT2D eigenvalue weighted by molar-refractivity contribution is 0.663. The van der Waals surface area contributed by atoms with Crippen LogP contribution >= 0.6 is 0 Å². The lowest BCUT2D eigenvalue weighted by atomic mass is 9.94. The average molecular weight is 106 g/mol. The van der Waals surface area contributed by atoms with Crippen molar-refractivity contribution in [3.8, 4) is 0 Å². The molecule has 42 valence electrons. The van der Waals surface area contributed by atoms with Gasteiger partial charge >= 0.3 is 0 Å². The molecule has 2 atom stereocenters. The van der Waals surface area contributed by atoms with Gasteiger partial charge in [0.2, 0.25) is 0 Å². The standard InChI is InChI=1S/C8H10/c1-2-5-4-7-6(3-1)8(5)7/h6-7H,1-4H2. The number of fused-ring (bicyclic) bond motifs is 1. The lowest BCUT2D eigenvalue weighted by Crippen LogP contribution is -1.94. The first-order valence-electron chi connectivity index (χ1n) is 3.68. The highest BCUT2D eigenvalue weighted by molar-refractivity contribution is 5.47. The van der Waals surface area contributed by atoms with Gasteiger partial charge in [0.15, 0.2) is 0 Å². The minimum absolute atomic E-state index is 1.12. The molecule has 0 nitrogen and oxygen atoms in total. The highest BCUT2D eigenvalue weighted by Crippen LogP contribution is 2.65. The molecule has 2 unspecified atom stereocenters. The van der Waals surface area contributed by atoms with E-state index in [0.717, 1.165) is 11.8 Å². The number of allylic oxidation sites excluding steroid dienone is 2. The summed E-state index contributed by atoms with van der Waals surface area (Å²) >= 11 is 0. The fourth-order valence-electron chi connectivity index (χ4n) is 2.55. The summed E-state index contributed by atoms with van der Waals surface area (Å²) in [5.74, 6) is 2.26. The Balaban J connectivity index is 2.14. The van der Waals surface area contributed by atoms with E-state index in [9.17, 15) is 0 Å². The van der Waals surface area contributed by atoms with E-state index in [0.29, 0.717) is 0 Å². The van der Waals surface area contributed by atoms with Gasteiger partial charge in [0.05, 0.1) is 0 Å². The maximum Gasteiger partial charge on any atom is -0.00944 e. The molecule has 3 rings (SSSR count). The second kappa shape index (κ2) is 0.896. The maximum atomic E-state index is 1.90. The van der Waals surface area contributed by atoms with Gasteiger partial charge in [-0.3, -0.25) is 0 Å². The molecule has 0 N–H and O–H groups in total. The molecule has 0 heterocycles. The van der Waals surface area contributed by atoms with Crippen LogP contribution in [-0.2, 0) is 0 Å². The zero-order valence-electron chi connectivity index (χ0n) is 4.98. The van der Waals surface area contributed by atoms with Crippen LogP contribution in [0.3, 0.4) is 0 Å². The van der Waals surface area contributed by atoms with Gasteiger partial charge in [-0.05, 0) is 37.5 Å². The van der Waals surface area contributed by atoms with Crippen LogP contribution in [0.5, 0.6) is 0 Å². The molecule has 0 spiro atoms. The molecule has 3 aliphatic carbocycles. The molecule has 0 aromatic heterocycles. The molecular weight excluding hydrogens is 96.1 g/mol. The van der Waals surface area contributed by atoms with Gasteiger partial charge in [-0.2, -0.15) is 0 Å². The van der Waals surface area contributed by atoms with E-state index < -0.39 is 0 Å². The molecule has 0 bridgehead atoms. The third-order valence-electron chi connectivity index (χ3n) is 3.04. The van der Waals surface area contributed by atoms with Crippen molar-refractivity contribution in [1.29, 1.82) is 0 Å². The summed E-state index contributed by atoms with van der Waals surface area (Å²) in [6, 6.07) is 0. The van der Waals surface area contributed by atoms with Crippen LogP contribution in [0.2, 0.25) is 0 Å². The molecule has 0 saturated heterocycles. The molecule has 1 saturated carbocycles. The second-order valence-electron chi connectivity index (χ2n) is 3.37. The van der Waals surface area contributed by atoms with Crippen molar-refractivity contribution in [1.82, 2.24) is 0 Å². The highest BCUT2D eigenvalue weighted by atomic mass is 14.6. The summed E-state index contributed by atoms with van der Waals surface area (Å²) in [7, 11) is 0. The predicted octanol–water partition coefficient (Wildman–Crippen LogP) is 2.12. The number of hydrogen-bond donors (Lipinski definition) is 0. The summed E-state index contributed by atoms with van der Waals surface area (Å²) in [4.78, 5) is 0. The Morgan fingerprint density at radius 1 is 1.25 bits per heavy atom. The second-order valence-corrected chi connectivity index (χ2v) is 3.37. The smallest absolute Gasteiger partial charge is 0.00944 e. The quantitative estimate of drug-likeness (QED) is 0.415. The Morgan fingerprint density at radius 2 is 2.25 bits per heavy atom. The first-order chi connectivity index (χ1) is 3.97. The minimum atomic E-state index is 1.12. The van der Waals surface area contributed by atoms with E-state index in [2.05, 4.69) is 0 Å². The van der Waals surface area contributed by atoms with E-state index in [4.69, 9.17) is 0 Å². The predicted molar refractivity (Wildman–Crippen MR) is 32.5 cm³/mol. The maximum absolute atomic E-state index is 1.90. The van der Waals surface area contributed by atoms with Gasteiger partial charge in [-0.15, -0.1) is 0 Å². The van der Waals surface area contributed by atoms with Crippen LogP contribution < -0.4 is 0 Å². The van der Waals surface area contributed by atoms with Crippen molar-refractivity contribution in [3.63, 3.8) is 0 Å². The van der Waals surface area contributed by atoms with Crippen LogP contribution in [0.1, 0.15) is 25.7 Å². The zero-order valence-corrected chi connectivity index (χ0v) is 4.98. The normalized spacial score (nSPS) is 48.0. The molecule has 0 aromatic rings. The Morgan fingerprint density at radius 3 is 3.00 bits per heavy atom. The van der Waals surface area contributed by atoms with E-state index in [1.54, 1.807) is 0 Å². The summed E-state index contributed by atoms with van der Waals surface area (Å²) < 4.78 is 0. The van der Waals surface area contributed by atoms with Gasteiger partial charge in [0.25, 0.3) is 0 Å². The third kappa shape index (κ3) is 0.229. The van der Waals surface area contributed by atoms with Crippen molar-refractivity contribution in [2.45, 2.75) is 25.7 Å². The van der Waals surface area contributed by atoms with Crippen molar-refractivity contribution >= 4 is 0 Å². The molecular formula is C8H10. The van der Waals surface area contributed by atoms with Crippen molar-refractivity contribution in [2.24, 2.45) is 11.8 Å². The summed E-state index contributed by atoms with van der Waals surface area (Å²) in [5.41, 5.74) is 3.75. The summed E-state index contributed by atoms with van der Waals surface area (Å²) in [5, 5.41) is 0. The van der Waals surface area contributed by atoms with Gasteiger partial charge in [0, 0.05) is 0 Å². The fourth-order valence-corrected chi connectivity index (χ4v) is 2.55. The Hall–Kier alpha value is -0.260. The number of rotatable bonds is 0. The van der Waals surface area contributed by atoms with Crippen molar-refractivity contribution < 1.29 is 0 Å². The number of hydrogen-bond acceptors (Lipinski definition) is 0. The van der Waals surface area contributed by atoms with E-state index in [-0.39, 0.29) is 0 Å². The molecule has 3 aliphatic rings. The Bertz CT molecular complexity index is 176. The molecule has 1 fully saturated rings. The third-order valence-corrected chi connectivity index (χ3v) is 3.04. The SMILES string of the molecule is C1CC2=C3C(C1)C3C2. The van der Waals surface area contributed by atoms with Gasteiger partial charge in [-0.1, -0.05) is 11.1 Å². The molecule has 0 heteroatoms. The average Bonchev–Trinajstić information content (AvgIpc) is 2.33. The monoisotopic (exact) mass is 106 g/mol. The van der Waals surface area contributed by atoms with E-state index >= 15 is 0 Å². The summed E-state index contributed by atoms with van der Waals surface area (Å²) in [6.07, 6.45) is 5.99. The molecule has 0 amide bonds. The molecule has 0 aromatic carbocycles. The zero-order chi connectivity index (χ0) is 5.14. The molecule has 0 aliphatic heterocycles. The fraction of sp³-hybridized carbons (Fsp3) is 0.750. The van der Waals surface area contributed by atoms with Crippen LogP contribution in [-0.4, -0.2) is 0 Å². The largest absolute Gasteiger partial charge is 0.0698 e. The van der Waals surface area contributed by atoms with E-state index in [1.807, 2.05) is 11.1 Å². The topological polar surface area (TPSA) is 0 Å². The van der Waals surface area contributed by atoms with Gasteiger partial charge in [-0.25, -0.2) is 0 Å². The minimum Gasteiger partial charge on any atom is -0.0698 e. The molecule has 0 radical (unpaired) electrons. The Kier molecular flexibility index (Phi) is 0.415.